The maximum Gasteiger partial charge on any atom is 0.0577 e. The van der Waals surface area contributed by atoms with Crippen molar-refractivity contribution in [3.63, 3.8) is 0 Å². The highest BCUT2D eigenvalue weighted by molar-refractivity contribution is 5.11. The van der Waals surface area contributed by atoms with E-state index in [0.717, 1.165) is 42.4 Å². The lowest BCUT2D eigenvalue weighted by atomic mass is 9.44. The predicted octanol–water partition coefficient (Wildman–Crippen LogP) is 7.08. The molecule has 1 unspecified atom stereocenters. The molecule has 0 aromatic rings. The van der Waals surface area contributed by atoms with Gasteiger partial charge >= 0.3 is 0 Å². The molecule has 0 saturated heterocycles. The molecule has 4 aliphatic carbocycles. The van der Waals surface area contributed by atoms with Crippen LogP contribution in [-0.4, -0.2) is 22.9 Å². The van der Waals surface area contributed by atoms with Gasteiger partial charge in [-0.15, -0.1) is 0 Å². The van der Waals surface area contributed by atoms with Crippen molar-refractivity contribution >= 4 is 0 Å². The van der Waals surface area contributed by atoms with Crippen molar-refractivity contribution in [3.8, 4) is 0 Å². The Balaban J connectivity index is 1.47. The second kappa shape index (κ2) is 9.28. The molecular weight excluding hydrogens is 380 g/mol. The van der Waals surface area contributed by atoms with Gasteiger partial charge in [0.05, 0.1) is 6.10 Å². The number of aliphatic hydroxyl groups is 2. The summed E-state index contributed by atoms with van der Waals surface area (Å²) in [6.07, 6.45) is 15.7. The first-order valence-corrected chi connectivity index (χ1v) is 14.0. The molecule has 10 atom stereocenters. The first-order valence-electron chi connectivity index (χ1n) is 14.0. The van der Waals surface area contributed by atoms with Gasteiger partial charge in [-0.05, 0) is 116 Å². The van der Waals surface area contributed by atoms with E-state index in [1.54, 1.807) is 0 Å². The molecule has 4 rings (SSSR count). The summed E-state index contributed by atoms with van der Waals surface area (Å²) < 4.78 is 0. The number of rotatable bonds is 7. The Morgan fingerprint density at radius 2 is 1.58 bits per heavy atom. The maximum atomic E-state index is 11.4. The van der Waals surface area contributed by atoms with Crippen LogP contribution in [0.25, 0.3) is 0 Å². The van der Waals surface area contributed by atoms with E-state index in [0.29, 0.717) is 35.2 Å². The summed E-state index contributed by atoms with van der Waals surface area (Å²) in [4.78, 5) is 0. The molecule has 0 radical (unpaired) electrons. The quantitative estimate of drug-likeness (QED) is 0.451. The maximum absolute atomic E-state index is 11.4. The highest BCUT2D eigenvalue weighted by Gasteiger charge is 2.62. The third kappa shape index (κ3) is 4.16. The van der Waals surface area contributed by atoms with Gasteiger partial charge in [0, 0.05) is 6.61 Å². The highest BCUT2D eigenvalue weighted by Crippen LogP contribution is 2.68. The van der Waals surface area contributed by atoms with Crippen LogP contribution < -0.4 is 0 Å². The lowest BCUT2D eigenvalue weighted by molar-refractivity contribution is -0.164. The first-order chi connectivity index (χ1) is 14.7. The molecule has 4 saturated carbocycles. The summed E-state index contributed by atoms with van der Waals surface area (Å²) in [6.45, 7) is 12.7. The van der Waals surface area contributed by atoms with Crippen LogP contribution in [0.5, 0.6) is 0 Å². The fraction of sp³-hybridized carbons (Fsp3) is 1.00. The molecule has 2 heteroatoms. The summed E-state index contributed by atoms with van der Waals surface area (Å²) in [5.41, 5.74) is 0.936. The van der Waals surface area contributed by atoms with Gasteiger partial charge < -0.3 is 10.2 Å². The summed E-state index contributed by atoms with van der Waals surface area (Å²) in [5.74, 6) is 5.77. The van der Waals surface area contributed by atoms with E-state index in [9.17, 15) is 10.2 Å². The van der Waals surface area contributed by atoms with Gasteiger partial charge in [-0.2, -0.15) is 0 Å². The fourth-order valence-corrected chi connectivity index (χ4v) is 9.89. The largest absolute Gasteiger partial charge is 0.396 e. The molecule has 180 valence electrons. The molecular formula is C29H52O2. The van der Waals surface area contributed by atoms with E-state index in [4.69, 9.17) is 0 Å². The van der Waals surface area contributed by atoms with E-state index in [1.165, 1.54) is 64.2 Å². The average Bonchev–Trinajstić information content (AvgIpc) is 3.08. The van der Waals surface area contributed by atoms with Crippen LogP contribution in [0, 0.1) is 58.2 Å². The number of aliphatic hydroxyl groups excluding tert-OH is 2. The van der Waals surface area contributed by atoms with Gasteiger partial charge in [0.25, 0.3) is 0 Å². The number of hydrogen-bond acceptors (Lipinski definition) is 2. The SMILES string of the molecule is CC(C)[C@H](CCO)CC[C@@H](C)[C@H]1CC[C@H]2[C@@H]3[C@@H](O)CC4CCCC[C@]4(C)[C@H]3CC[C@]12C. The summed E-state index contributed by atoms with van der Waals surface area (Å²) in [7, 11) is 0. The molecule has 0 bridgehead atoms. The Hall–Kier alpha value is -0.0800. The van der Waals surface area contributed by atoms with Crippen LogP contribution in [-0.2, 0) is 0 Å². The minimum Gasteiger partial charge on any atom is -0.396 e. The van der Waals surface area contributed by atoms with E-state index in [1.807, 2.05) is 0 Å². The molecule has 4 aliphatic rings. The predicted molar refractivity (Wildman–Crippen MR) is 130 cm³/mol. The van der Waals surface area contributed by atoms with Crippen LogP contribution in [0.3, 0.4) is 0 Å². The molecule has 0 spiro atoms. The average molecular weight is 433 g/mol. The zero-order valence-corrected chi connectivity index (χ0v) is 21.3. The first kappa shape index (κ1) is 24.1. The van der Waals surface area contributed by atoms with Crippen LogP contribution >= 0.6 is 0 Å². The van der Waals surface area contributed by atoms with Crippen molar-refractivity contribution in [2.45, 2.75) is 118 Å². The van der Waals surface area contributed by atoms with Gasteiger partial charge in [0.15, 0.2) is 0 Å². The molecule has 0 amide bonds. The van der Waals surface area contributed by atoms with Crippen molar-refractivity contribution in [2.24, 2.45) is 58.2 Å². The third-order valence-corrected chi connectivity index (χ3v) is 11.8. The monoisotopic (exact) mass is 432 g/mol. The van der Waals surface area contributed by atoms with Gasteiger partial charge in [0.1, 0.15) is 0 Å². The van der Waals surface area contributed by atoms with E-state index in [2.05, 4.69) is 34.6 Å². The minimum absolute atomic E-state index is 0.0465. The van der Waals surface area contributed by atoms with Crippen LogP contribution in [0.4, 0.5) is 0 Å². The Morgan fingerprint density at radius 1 is 0.839 bits per heavy atom. The van der Waals surface area contributed by atoms with Crippen molar-refractivity contribution in [2.75, 3.05) is 6.61 Å². The van der Waals surface area contributed by atoms with Crippen molar-refractivity contribution in [1.29, 1.82) is 0 Å². The second-order valence-electron chi connectivity index (χ2n) is 13.3. The van der Waals surface area contributed by atoms with Gasteiger partial charge in [-0.3, -0.25) is 0 Å². The highest BCUT2D eigenvalue weighted by atomic mass is 16.3. The van der Waals surface area contributed by atoms with Gasteiger partial charge in [-0.25, -0.2) is 0 Å². The van der Waals surface area contributed by atoms with Gasteiger partial charge in [0.2, 0.25) is 0 Å². The molecule has 31 heavy (non-hydrogen) atoms. The molecule has 0 aliphatic heterocycles. The molecule has 2 nitrogen and oxygen atoms in total. The Morgan fingerprint density at radius 3 is 2.29 bits per heavy atom. The molecule has 0 aromatic carbocycles. The third-order valence-electron chi connectivity index (χ3n) is 11.8. The molecule has 2 N–H and O–H groups in total. The molecule has 0 heterocycles. The lowest BCUT2D eigenvalue weighted by Crippen LogP contribution is -2.57. The van der Waals surface area contributed by atoms with Crippen molar-refractivity contribution in [1.82, 2.24) is 0 Å². The second-order valence-corrected chi connectivity index (χ2v) is 13.3. The number of fused-ring (bicyclic) bond motifs is 5. The van der Waals surface area contributed by atoms with Gasteiger partial charge in [-0.1, -0.05) is 53.9 Å². The van der Waals surface area contributed by atoms with E-state index < -0.39 is 0 Å². The Labute approximate surface area is 193 Å². The van der Waals surface area contributed by atoms with E-state index in [-0.39, 0.29) is 6.10 Å². The zero-order chi connectivity index (χ0) is 22.4. The summed E-state index contributed by atoms with van der Waals surface area (Å²) >= 11 is 0. The summed E-state index contributed by atoms with van der Waals surface area (Å²) in [6, 6.07) is 0. The Kier molecular flexibility index (Phi) is 7.20. The van der Waals surface area contributed by atoms with Crippen LogP contribution in [0.2, 0.25) is 0 Å². The molecule has 0 aromatic heterocycles. The van der Waals surface area contributed by atoms with Crippen LogP contribution in [0.15, 0.2) is 0 Å². The van der Waals surface area contributed by atoms with Crippen molar-refractivity contribution < 1.29 is 10.2 Å². The topological polar surface area (TPSA) is 40.5 Å². The standard InChI is InChI=1S/C29H52O2/c1-19(2)21(14-17-30)10-9-20(3)23-11-12-24-27-25(13-16-29(23,24)5)28(4)15-7-6-8-22(28)18-26(27)31/h19-27,30-31H,6-18H2,1-5H3/t20-,21+,22?,23-,24+,25+,26+,27+,28+,29-/m1/s1. The zero-order valence-electron chi connectivity index (χ0n) is 21.3. The lowest BCUT2D eigenvalue weighted by Gasteiger charge is -2.62. The van der Waals surface area contributed by atoms with Crippen LogP contribution in [0.1, 0.15) is 112 Å². The smallest absolute Gasteiger partial charge is 0.0577 e. The van der Waals surface area contributed by atoms with Crippen molar-refractivity contribution in [3.05, 3.63) is 0 Å². The Bertz CT molecular complexity index is 602. The normalized spacial score (nSPS) is 46.8. The molecule has 4 fully saturated rings. The fourth-order valence-electron chi connectivity index (χ4n) is 9.89. The van der Waals surface area contributed by atoms with E-state index >= 15 is 0 Å². The number of hydrogen-bond donors (Lipinski definition) is 2. The summed E-state index contributed by atoms with van der Waals surface area (Å²) in [5, 5.41) is 20.9. The minimum atomic E-state index is -0.0465.